The standard InChI is InChI=1S/C75H144O6/c1-4-7-10-13-16-19-22-25-27-29-31-33-34-35-36-37-38-39-40-41-43-44-46-48-50-53-56-59-62-65-68-74(77)80-71-72(70-79-73(76)67-64-61-58-55-52-24-21-18-15-12-9-6-3)81-75(78)69-66-63-60-57-54-51-49-47-45-42-32-30-28-26-23-20-17-14-11-8-5-2/h30,32,72H,4-29,31,33-71H2,1-3H3/b32-30-. The fourth-order valence-electron chi connectivity index (χ4n) is 11.7. The molecule has 0 heterocycles. The molecule has 0 radical (unpaired) electrons. The van der Waals surface area contributed by atoms with Gasteiger partial charge in [-0.2, -0.15) is 0 Å². The molecular weight excluding hydrogens is 997 g/mol. The molecule has 1 unspecified atom stereocenters. The summed E-state index contributed by atoms with van der Waals surface area (Å²) in [4.78, 5) is 38.4. The molecule has 6 nitrogen and oxygen atoms in total. The van der Waals surface area contributed by atoms with E-state index in [1.807, 2.05) is 0 Å². The molecular formula is C75H144O6. The second-order valence-corrected chi connectivity index (χ2v) is 25.6. The summed E-state index contributed by atoms with van der Waals surface area (Å²) in [5.41, 5.74) is 0. The number of rotatable bonds is 70. The van der Waals surface area contributed by atoms with Gasteiger partial charge in [0, 0.05) is 19.3 Å². The van der Waals surface area contributed by atoms with Gasteiger partial charge in [0.2, 0.25) is 0 Å². The maximum absolute atomic E-state index is 12.9. The van der Waals surface area contributed by atoms with Gasteiger partial charge in [-0.15, -0.1) is 0 Å². The van der Waals surface area contributed by atoms with Crippen LogP contribution in [0.4, 0.5) is 0 Å². The second-order valence-electron chi connectivity index (χ2n) is 25.6. The zero-order valence-electron chi connectivity index (χ0n) is 55.4. The first-order valence-corrected chi connectivity index (χ1v) is 37.2. The van der Waals surface area contributed by atoms with E-state index in [-0.39, 0.29) is 31.1 Å². The summed E-state index contributed by atoms with van der Waals surface area (Å²) >= 11 is 0. The van der Waals surface area contributed by atoms with Crippen LogP contribution >= 0.6 is 0 Å². The quantitative estimate of drug-likeness (QED) is 0.0261. The van der Waals surface area contributed by atoms with Gasteiger partial charge in [-0.1, -0.05) is 380 Å². The average Bonchev–Trinajstić information content (AvgIpc) is 3.47. The Bertz CT molecular complexity index is 1260. The third-order valence-electron chi connectivity index (χ3n) is 17.3. The number of allylic oxidation sites excluding steroid dienone is 2. The molecule has 0 saturated carbocycles. The molecule has 81 heavy (non-hydrogen) atoms. The van der Waals surface area contributed by atoms with Crippen molar-refractivity contribution < 1.29 is 28.6 Å². The lowest BCUT2D eigenvalue weighted by molar-refractivity contribution is -0.167. The first-order valence-electron chi connectivity index (χ1n) is 37.2. The first-order chi connectivity index (χ1) is 40.0. The second kappa shape index (κ2) is 70.6. The Labute approximate surface area is 507 Å². The van der Waals surface area contributed by atoms with Crippen LogP contribution in [0.2, 0.25) is 0 Å². The zero-order chi connectivity index (χ0) is 58.5. The molecule has 6 heteroatoms. The van der Waals surface area contributed by atoms with Crippen molar-refractivity contribution in [2.45, 2.75) is 438 Å². The Hall–Kier alpha value is -1.85. The van der Waals surface area contributed by atoms with Crippen LogP contribution in [0.1, 0.15) is 432 Å². The summed E-state index contributed by atoms with van der Waals surface area (Å²) in [6, 6.07) is 0. The van der Waals surface area contributed by atoms with E-state index in [0.29, 0.717) is 19.3 Å². The average molecular weight is 1140 g/mol. The Morgan fingerprint density at radius 2 is 0.407 bits per heavy atom. The van der Waals surface area contributed by atoms with Crippen molar-refractivity contribution in [3.8, 4) is 0 Å². The molecule has 0 aliphatic carbocycles. The molecule has 0 rings (SSSR count). The Morgan fingerprint density at radius 1 is 0.235 bits per heavy atom. The minimum Gasteiger partial charge on any atom is -0.462 e. The maximum atomic E-state index is 12.9. The highest BCUT2D eigenvalue weighted by molar-refractivity contribution is 5.71. The first kappa shape index (κ1) is 79.2. The van der Waals surface area contributed by atoms with Gasteiger partial charge in [-0.05, 0) is 44.9 Å². The molecule has 0 spiro atoms. The van der Waals surface area contributed by atoms with Crippen LogP contribution in [-0.2, 0) is 28.6 Å². The predicted molar refractivity (Wildman–Crippen MR) is 353 cm³/mol. The highest BCUT2D eigenvalue weighted by Crippen LogP contribution is 2.19. The van der Waals surface area contributed by atoms with E-state index in [1.54, 1.807) is 0 Å². The summed E-state index contributed by atoms with van der Waals surface area (Å²) in [6.07, 6.45) is 85.5. The van der Waals surface area contributed by atoms with E-state index in [9.17, 15) is 14.4 Å². The highest BCUT2D eigenvalue weighted by atomic mass is 16.6. The fourth-order valence-corrected chi connectivity index (χ4v) is 11.7. The molecule has 0 aliphatic rings. The molecule has 0 aromatic heterocycles. The number of hydrogen-bond donors (Lipinski definition) is 0. The van der Waals surface area contributed by atoms with Gasteiger partial charge in [0.25, 0.3) is 0 Å². The smallest absolute Gasteiger partial charge is 0.306 e. The van der Waals surface area contributed by atoms with Gasteiger partial charge in [-0.3, -0.25) is 14.4 Å². The summed E-state index contributed by atoms with van der Waals surface area (Å²) in [5, 5.41) is 0. The molecule has 480 valence electrons. The van der Waals surface area contributed by atoms with E-state index < -0.39 is 6.10 Å². The topological polar surface area (TPSA) is 78.9 Å². The molecule has 0 fully saturated rings. The van der Waals surface area contributed by atoms with Gasteiger partial charge in [0.15, 0.2) is 6.10 Å². The van der Waals surface area contributed by atoms with Crippen molar-refractivity contribution in [3.63, 3.8) is 0 Å². The molecule has 0 amide bonds. The van der Waals surface area contributed by atoms with Crippen LogP contribution in [0.5, 0.6) is 0 Å². The summed E-state index contributed by atoms with van der Waals surface area (Å²) in [5.74, 6) is -0.831. The van der Waals surface area contributed by atoms with Crippen LogP contribution in [0.25, 0.3) is 0 Å². The minimum atomic E-state index is -0.767. The SMILES string of the molecule is CCCCCCCCCC/C=C\CCCCCCCCCCCC(=O)OC(COC(=O)CCCCCCCCCCCCCC)COC(=O)CCCCCCCCCCCCCCCCCCCCCCCCCCCCCCCC. The van der Waals surface area contributed by atoms with Crippen LogP contribution in [0, 0.1) is 0 Å². The number of ether oxygens (including phenoxy) is 3. The minimum absolute atomic E-state index is 0.0638. The molecule has 0 N–H and O–H groups in total. The number of esters is 3. The lowest BCUT2D eigenvalue weighted by Gasteiger charge is -2.18. The van der Waals surface area contributed by atoms with Crippen molar-refractivity contribution in [2.75, 3.05) is 13.2 Å². The summed E-state index contributed by atoms with van der Waals surface area (Å²) in [6.45, 7) is 6.73. The lowest BCUT2D eigenvalue weighted by atomic mass is 10.0. The van der Waals surface area contributed by atoms with Crippen LogP contribution < -0.4 is 0 Å². The van der Waals surface area contributed by atoms with E-state index >= 15 is 0 Å². The summed E-state index contributed by atoms with van der Waals surface area (Å²) in [7, 11) is 0. The third kappa shape index (κ3) is 68.8. The van der Waals surface area contributed by atoms with E-state index in [1.165, 1.54) is 334 Å². The third-order valence-corrected chi connectivity index (χ3v) is 17.3. The van der Waals surface area contributed by atoms with Crippen molar-refractivity contribution in [3.05, 3.63) is 12.2 Å². The maximum Gasteiger partial charge on any atom is 0.306 e. The van der Waals surface area contributed by atoms with E-state index in [0.717, 1.165) is 57.8 Å². The van der Waals surface area contributed by atoms with Crippen molar-refractivity contribution in [1.82, 2.24) is 0 Å². The molecule has 1 atom stereocenters. The van der Waals surface area contributed by atoms with Crippen molar-refractivity contribution in [2.24, 2.45) is 0 Å². The van der Waals surface area contributed by atoms with Gasteiger partial charge in [0.05, 0.1) is 0 Å². The number of carbonyl (C=O) groups excluding carboxylic acids is 3. The molecule has 0 saturated heterocycles. The molecule has 0 bridgehead atoms. The van der Waals surface area contributed by atoms with Gasteiger partial charge >= 0.3 is 17.9 Å². The van der Waals surface area contributed by atoms with Crippen molar-refractivity contribution >= 4 is 17.9 Å². The number of unbranched alkanes of at least 4 members (excludes halogenated alkanes) is 57. The fraction of sp³-hybridized carbons (Fsp3) is 0.933. The molecule has 0 aromatic carbocycles. The largest absolute Gasteiger partial charge is 0.462 e. The predicted octanol–water partition coefficient (Wildman–Crippen LogP) is 25.6. The van der Waals surface area contributed by atoms with Gasteiger partial charge < -0.3 is 14.2 Å². The monoisotopic (exact) mass is 1140 g/mol. The van der Waals surface area contributed by atoms with Crippen molar-refractivity contribution in [1.29, 1.82) is 0 Å². The Balaban J connectivity index is 4.12. The highest BCUT2D eigenvalue weighted by Gasteiger charge is 2.20. The molecule has 0 aromatic rings. The normalized spacial score (nSPS) is 12.0. The van der Waals surface area contributed by atoms with Crippen LogP contribution in [0.3, 0.4) is 0 Å². The lowest BCUT2D eigenvalue weighted by Crippen LogP contribution is -2.30. The van der Waals surface area contributed by atoms with Crippen LogP contribution in [0.15, 0.2) is 12.2 Å². The molecule has 0 aliphatic heterocycles. The number of carbonyl (C=O) groups is 3. The Morgan fingerprint density at radius 3 is 0.617 bits per heavy atom. The van der Waals surface area contributed by atoms with Gasteiger partial charge in [0.1, 0.15) is 13.2 Å². The van der Waals surface area contributed by atoms with Crippen LogP contribution in [-0.4, -0.2) is 37.2 Å². The van der Waals surface area contributed by atoms with E-state index in [4.69, 9.17) is 14.2 Å². The summed E-state index contributed by atoms with van der Waals surface area (Å²) < 4.78 is 17.0. The van der Waals surface area contributed by atoms with E-state index in [2.05, 4.69) is 32.9 Å². The Kier molecular flexibility index (Phi) is 69.0. The zero-order valence-corrected chi connectivity index (χ0v) is 55.4. The number of hydrogen-bond acceptors (Lipinski definition) is 6. The van der Waals surface area contributed by atoms with Gasteiger partial charge in [-0.25, -0.2) is 0 Å².